The highest BCUT2D eigenvalue weighted by Crippen LogP contribution is 2.35. The fourth-order valence-electron chi connectivity index (χ4n) is 4.96. The van der Waals surface area contributed by atoms with Crippen LogP contribution in [0, 0.1) is 24.7 Å². The molecule has 2 aromatic rings. The van der Waals surface area contributed by atoms with E-state index in [9.17, 15) is 18.0 Å². The molecule has 1 saturated carbocycles. The number of sulfonamides is 1. The number of ether oxygens (including phenoxy) is 2. The second-order valence-electron chi connectivity index (χ2n) is 11.8. The van der Waals surface area contributed by atoms with Gasteiger partial charge in [0, 0.05) is 0 Å². The molecule has 0 radical (unpaired) electrons. The van der Waals surface area contributed by atoms with Gasteiger partial charge in [-0.05, 0) is 72.3 Å². The number of carbonyl (C=O) groups is 2. The highest BCUT2D eigenvalue weighted by molar-refractivity contribution is 7.92. The molecule has 1 N–H and O–H groups in total. The molecule has 0 amide bonds. The predicted molar refractivity (Wildman–Crippen MR) is 149 cm³/mol. The third-order valence-electron chi connectivity index (χ3n) is 7.30. The molecule has 0 aliphatic heterocycles. The minimum absolute atomic E-state index is 0.0137. The van der Waals surface area contributed by atoms with Crippen LogP contribution in [0.3, 0.4) is 0 Å². The average Bonchev–Trinajstić information content (AvgIpc) is 2.82. The molecule has 0 spiro atoms. The summed E-state index contributed by atoms with van der Waals surface area (Å²) in [6.07, 6.45) is 2.71. The standard InChI is InChI=1S/C30H41NO6S/c1-19(2)23-15-12-20(3)16-26(23)37-28(32)18-36-29(33)24-10-8-9-11-25(24)31-38(34,35)27-17-22(30(5,6)7)14-13-21(27)4/h8-11,13-14,17,19-20,23,26,31H,12,15-16,18H2,1-7H3/t20-,23+,26+/m0/s1. The molecule has 0 heterocycles. The molecule has 0 aromatic heterocycles. The summed E-state index contributed by atoms with van der Waals surface area (Å²) in [5.41, 5.74) is 1.32. The van der Waals surface area contributed by atoms with E-state index in [0.29, 0.717) is 17.4 Å². The van der Waals surface area contributed by atoms with Gasteiger partial charge in [0.15, 0.2) is 6.61 Å². The fraction of sp³-hybridized carbons (Fsp3) is 0.533. The molecule has 0 unspecified atom stereocenters. The van der Waals surface area contributed by atoms with Gasteiger partial charge in [0.1, 0.15) is 6.10 Å². The van der Waals surface area contributed by atoms with Crippen molar-refractivity contribution in [3.8, 4) is 0 Å². The molecule has 1 aliphatic carbocycles. The number of hydrogen-bond acceptors (Lipinski definition) is 6. The zero-order chi connectivity index (χ0) is 28.3. The number of carbonyl (C=O) groups excluding carboxylic acids is 2. The van der Waals surface area contributed by atoms with Gasteiger partial charge in [0.25, 0.3) is 10.0 Å². The highest BCUT2D eigenvalue weighted by atomic mass is 32.2. The van der Waals surface area contributed by atoms with Crippen molar-refractivity contribution in [1.29, 1.82) is 0 Å². The van der Waals surface area contributed by atoms with Crippen molar-refractivity contribution in [2.75, 3.05) is 11.3 Å². The second kappa shape index (κ2) is 11.9. The predicted octanol–water partition coefficient (Wildman–Crippen LogP) is 6.25. The van der Waals surface area contributed by atoms with E-state index in [1.54, 1.807) is 31.2 Å². The third-order valence-corrected chi connectivity index (χ3v) is 8.81. The van der Waals surface area contributed by atoms with Gasteiger partial charge < -0.3 is 9.47 Å². The Morgan fingerprint density at radius 1 is 1.08 bits per heavy atom. The Labute approximate surface area is 227 Å². The highest BCUT2D eigenvalue weighted by Gasteiger charge is 2.33. The van der Waals surface area contributed by atoms with E-state index in [0.717, 1.165) is 24.8 Å². The summed E-state index contributed by atoms with van der Waals surface area (Å²) in [4.78, 5) is 25.6. The van der Waals surface area contributed by atoms with Gasteiger partial charge in [-0.15, -0.1) is 0 Å². The second-order valence-corrected chi connectivity index (χ2v) is 13.5. The summed E-state index contributed by atoms with van der Waals surface area (Å²) in [7, 11) is -4.00. The Morgan fingerprint density at radius 3 is 2.42 bits per heavy atom. The van der Waals surface area contributed by atoms with Crippen LogP contribution in [-0.4, -0.2) is 33.1 Å². The van der Waals surface area contributed by atoms with Crippen LogP contribution in [0.25, 0.3) is 0 Å². The van der Waals surface area contributed by atoms with Crippen molar-refractivity contribution in [2.24, 2.45) is 17.8 Å². The van der Waals surface area contributed by atoms with Crippen LogP contribution in [0.4, 0.5) is 5.69 Å². The first-order valence-electron chi connectivity index (χ1n) is 13.3. The average molecular weight is 544 g/mol. The van der Waals surface area contributed by atoms with Crippen molar-refractivity contribution in [3.63, 3.8) is 0 Å². The van der Waals surface area contributed by atoms with Crippen molar-refractivity contribution in [2.45, 2.75) is 84.1 Å². The van der Waals surface area contributed by atoms with Crippen molar-refractivity contribution in [1.82, 2.24) is 0 Å². The monoisotopic (exact) mass is 543 g/mol. The van der Waals surface area contributed by atoms with E-state index >= 15 is 0 Å². The first-order chi connectivity index (χ1) is 17.7. The number of aryl methyl sites for hydroxylation is 1. The molecule has 208 valence electrons. The minimum atomic E-state index is -4.00. The molecule has 7 nitrogen and oxygen atoms in total. The maximum Gasteiger partial charge on any atom is 0.344 e. The van der Waals surface area contributed by atoms with Gasteiger partial charge in [-0.2, -0.15) is 0 Å². The minimum Gasteiger partial charge on any atom is -0.460 e. The summed E-state index contributed by atoms with van der Waals surface area (Å²) < 4.78 is 40.2. The van der Waals surface area contributed by atoms with E-state index in [1.807, 2.05) is 26.8 Å². The Kier molecular flexibility index (Phi) is 9.29. The van der Waals surface area contributed by atoms with Gasteiger partial charge in [-0.1, -0.05) is 72.2 Å². The largest absolute Gasteiger partial charge is 0.460 e. The van der Waals surface area contributed by atoms with Gasteiger partial charge in [-0.3, -0.25) is 4.72 Å². The van der Waals surface area contributed by atoms with Crippen molar-refractivity contribution >= 4 is 27.6 Å². The van der Waals surface area contributed by atoms with Gasteiger partial charge in [0.05, 0.1) is 16.1 Å². The normalized spacial score (nSPS) is 20.2. The summed E-state index contributed by atoms with van der Waals surface area (Å²) in [6.45, 7) is 13.6. The summed E-state index contributed by atoms with van der Waals surface area (Å²) in [5.74, 6) is -0.275. The molecule has 2 aromatic carbocycles. The lowest BCUT2D eigenvalue weighted by atomic mass is 9.75. The van der Waals surface area contributed by atoms with E-state index in [1.165, 1.54) is 12.1 Å². The molecule has 3 rings (SSSR count). The lowest BCUT2D eigenvalue weighted by Crippen LogP contribution is -2.36. The molecule has 0 bridgehead atoms. The smallest absolute Gasteiger partial charge is 0.344 e. The number of nitrogens with one attached hydrogen (secondary N) is 1. The van der Waals surface area contributed by atoms with Gasteiger partial charge in [-0.25, -0.2) is 18.0 Å². The lowest BCUT2D eigenvalue weighted by Gasteiger charge is -2.36. The molecular formula is C30H41NO6S. The van der Waals surface area contributed by atoms with E-state index in [2.05, 4.69) is 25.5 Å². The summed E-state index contributed by atoms with van der Waals surface area (Å²) in [6, 6.07) is 11.5. The lowest BCUT2D eigenvalue weighted by molar-refractivity contribution is -0.159. The van der Waals surface area contributed by atoms with E-state index < -0.39 is 28.6 Å². The van der Waals surface area contributed by atoms with Crippen LogP contribution in [0.2, 0.25) is 0 Å². The van der Waals surface area contributed by atoms with Crippen LogP contribution >= 0.6 is 0 Å². The van der Waals surface area contributed by atoms with Gasteiger partial charge in [0.2, 0.25) is 0 Å². The molecule has 1 aliphatic rings. The van der Waals surface area contributed by atoms with Crippen LogP contribution in [0.15, 0.2) is 47.4 Å². The Bertz CT molecular complexity index is 1260. The van der Waals surface area contributed by atoms with E-state index in [-0.39, 0.29) is 33.6 Å². The maximum absolute atomic E-state index is 13.3. The number of anilines is 1. The molecule has 8 heteroatoms. The zero-order valence-corrected chi connectivity index (χ0v) is 24.4. The van der Waals surface area contributed by atoms with Crippen LogP contribution in [0.1, 0.15) is 82.3 Å². The maximum atomic E-state index is 13.3. The Balaban J connectivity index is 1.72. The van der Waals surface area contributed by atoms with Gasteiger partial charge >= 0.3 is 11.9 Å². The Hall–Kier alpha value is -2.87. The topological polar surface area (TPSA) is 98.8 Å². The summed E-state index contributed by atoms with van der Waals surface area (Å²) >= 11 is 0. The van der Waals surface area contributed by atoms with Crippen LogP contribution in [-0.2, 0) is 29.7 Å². The van der Waals surface area contributed by atoms with Crippen LogP contribution < -0.4 is 4.72 Å². The number of para-hydroxylation sites is 1. The zero-order valence-electron chi connectivity index (χ0n) is 23.5. The van der Waals surface area contributed by atoms with Crippen molar-refractivity contribution in [3.05, 3.63) is 59.2 Å². The third kappa shape index (κ3) is 7.37. The molecular weight excluding hydrogens is 502 g/mol. The summed E-state index contributed by atoms with van der Waals surface area (Å²) in [5, 5.41) is 0. The first-order valence-corrected chi connectivity index (χ1v) is 14.8. The number of rotatable bonds is 8. The van der Waals surface area contributed by atoms with Crippen molar-refractivity contribution < 1.29 is 27.5 Å². The molecule has 1 fully saturated rings. The number of esters is 2. The van der Waals surface area contributed by atoms with E-state index in [4.69, 9.17) is 9.47 Å². The SMILES string of the molecule is Cc1ccc(C(C)(C)C)cc1S(=O)(=O)Nc1ccccc1C(=O)OCC(=O)O[C@@H]1C[C@@H](C)CC[C@@H]1C(C)C. The molecule has 38 heavy (non-hydrogen) atoms. The first kappa shape index (κ1) is 29.7. The van der Waals surface area contributed by atoms with Crippen LogP contribution in [0.5, 0.6) is 0 Å². The number of hydrogen-bond donors (Lipinski definition) is 1. The molecule has 3 atom stereocenters. The Morgan fingerprint density at radius 2 is 1.76 bits per heavy atom. The molecule has 0 saturated heterocycles. The fourth-order valence-corrected chi connectivity index (χ4v) is 6.31. The number of benzene rings is 2. The quantitative estimate of drug-likeness (QED) is 0.395.